The summed E-state index contributed by atoms with van der Waals surface area (Å²) in [7, 11) is 0. The topological polar surface area (TPSA) is 74.6 Å². The molecule has 0 atom stereocenters. The van der Waals surface area contributed by atoms with Gasteiger partial charge in [-0.05, 0) is 44.7 Å². The van der Waals surface area contributed by atoms with Crippen molar-refractivity contribution < 1.29 is 14.3 Å². The summed E-state index contributed by atoms with van der Waals surface area (Å²) in [6, 6.07) is 7.44. The van der Waals surface area contributed by atoms with Gasteiger partial charge in [-0.15, -0.1) is 0 Å². The number of carbonyl (C=O) groups excluding carboxylic acids is 1. The molecular formula is C20H27N3O3. The summed E-state index contributed by atoms with van der Waals surface area (Å²) in [5.74, 6) is 1.71. The highest BCUT2D eigenvalue weighted by Gasteiger charge is 2.23. The molecule has 0 saturated carbocycles. The van der Waals surface area contributed by atoms with Gasteiger partial charge in [-0.2, -0.15) is 5.26 Å². The summed E-state index contributed by atoms with van der Waals surface area (Å²) >= 11 is 0. The van der Waals surface area contributed by atoms with E-state index in [1.165, 1.54) is 6.20 Å². The average Bonchev–Trinajstić information content (AvgIpc) is 2.65. The first-order valence-electron chi connectivity index (χ1n) is 9.14. The number of rotatable bonds is 7. The molecule has 0 spiro atoms. The summed E-state index contributed by atoms with van der Waals surface area (Å²) in [6.07, 6.45) is 3.43. The summed E-state index contributed by atoms with van der Waals surface area (Å²) in [4.78, 5) is 14.3. The lowest BCUT2D eigenvalue weighted by Gasteiger charge is -2.30. The van der Waals surface area contributed by atoms with Crippen LogP contribution >= 0.6 is 0 Å². The molecule has 0 radical (unpaired) electrons. The molecule has 1 aliphatic heterocycles. The second kappa shape index (κ2) is 9.71. The van der Waals surface area contributed by atoms with Crippen LogP contribution in [0.5, 0.6) is 11.5 Å². The molecule has 1 N–H and O–H groups in total. The van der Waals surface area contributed by atoms with Gasteiger partial charge in [-0.3, -0.25) is 4.79 Å². The molecule has 1 aliphatic rings. The predicted molar refractivity (Wildman–Crippen MR) is 101 cm³/mol. The number of likely N-dealkylation sites (tertiary alicyclic amines) is 1. The van der Waals surface area contributed by atoms with Gasteiger partial charge < -0.3 is 19.7 Å². The van der Waals surface area contributed by atoms with Gasteiger partial charge in [0.2, 0.25) is 0 Å². The minimum absolute atomic E-state index is 0.103. The maximum Gasteiger partial charge on any atom is 0.266 e. The van der Waals surface area contributed by atoms with Crippen molar-refractivity contribution >= 4 is 11.6 Å². The Morgan fingerprint density at radius 3 is 2.54 bits per heavy atom. The van der Waals surface area contributed by atoms with Gasteiger partial charge in [0.25, 0.3) is 5.91 Å². The largest absolute Gasteiger partial charge is 0.490 e. The molecule has 0 unspecified atom stereocenters. The zero-order valence-corrected chi connectivity index (χ0v) is 15.7. The SMILES string of the molecule is CCOc1ccc(N/C=C(/C#N)C(=O)N2CCC(C)CC2)cc1OCC. The molecule has 140 valence electrons. The van der Waals surface area contributed by atoms with Crippen LogP contribution in [0.2, 0.25) is 0 Å². The number of hydrogen-bond donors (Lipinski definition) is 1. The van der Waals surface area contributed by atoms with E-state index in [1.807, 2.05) is 32.0 Å². The molecule has 1 heterocycles. The minimum atomic E-state index is -0.220. The van der Waals surface area contributed by atoms with Crippen LogP contribution in [-0.4, -0.2) is 37.1 Å². The van der Waals surface area contributed by atoms with Crippen LogP contribution in [0.1, 0.15) is 33.6 Å². The van der Waals surface area contributed by atoms with Crippen molar-refractivity contribution in [3.8, 4) is 17.6 Å². The molecule has 1 amide bonds. The lowest BCUT2D eigenvalue weighted by atomic mass is 9.99. The van der Waals surface area contributed by atoms with Crippen LogP contribution < -0.4 is 14.8 Å². The third kappa shape index (κ3) is 5.16. The van der Waals surface area contributed by atoms with Crippen molar-refractivity contribution in [3.05, 3.63) is 30.0 Å². The van der Waals surface area contributed by atoms with Crippen molar-refractivity contribution in [2.75, 3.05) is 31.6 Å². The highest BCUT2D eigenvalue weighted by Crippen LogP contribution is 2.30. The molecule has 1 fully saturated rings. The van der Waals surface area contributed by atoms with Crippen molar-refractivity contribution in [1.29, 1.82) is 5.26 Å². The van der Waals surface area contributed by atoms with Gasteiger partial charge in [0.1, 0.15) is 11.6 Å². The van der Waals surface area contributed by atoms with E-state index in [0.29, 0.717) is 43.7 Å². The number of hydrogen-bond acceptors (Lipinski definition) is 5. The van der Waals surface area contributed by atoms with Crippen LogP contribution in [0.25, 0.3) is 0 Å². The van der Waals surface area contributed by atoms with Crippen molar-refractivity contribution in [2.24, 2.45) is 5.92 Å². The molecular weight excluding hydrogens is 330 g/mol. The summed E-state index contributed by atoms with van der Waals surface area (Å²) in [6.45, 7) is 8.49. The van der Waals surface area contributed by atoms with Crippen molar-refractivity contribution in [3.63, 3.8) is 0 Å². The van der Waals surface area contributed by atoms with Gasteiger partial charge in [0.15, 0.2) is 11.5 Å². The number of anilines is 1. The van der Waals surface area contributed by atoms with Crippen LogP contribution in [0.4, 0.5) is 5.69 Å². The highest BCUT2D eigenvalue weighted by molar-refractivity contribution is 5.97. The molecule has 0 aliphatic carbocycles. The van der Waals surface area contributed by atoms with Gasteiger partial charge in [-0.1, -0.05) is 6.92 Å². The highest BCUT2D eigenvalue weighted by atomic mass is 16.5. The maximum absolute atomic E-state index is 12.5. The Morgan fingerprint density at radius 1 is 1.27 bits per heavy atom. The molecule has 1 aromatic carbocycles. The van der Waals surface area contributed by atoms with Gasteiger partial charge in [0, 0.05) is 31.0 Å². The van der Waals surface area contributed by atoms with E-state index in [4.69, 9.17) is 9.47 Å². The Bertz CT molecular complexity index is 686. The van der Waals surface area contributed by atoms with Crippen molar-refractivity contribution in [2.45, 2.75) is 33.6 Å². The van der Waals surface area contributed by atoms with E-state index >= 15 is 0 Å². The Kier molecular flexibility index (Phi) is 7.34. The fraction of sp³-hybridized carbons (Fsp3) is 0.500. The number of carbonyl (C=O) groups is 1. The Balaban J connectivity index is 2.09. The zero-order valence-electron chi connectivity index (χ0n) is 15.7. The molecule has 2 rings (SSSR count). The molecule has 1 aromatic rings. The number of benzene rings is 1. The van der Waals surface area contributed by atoms with E-state index in [1.54, 1.807) is 11.0 Å². The normalized spacial score (nSPS) is 15.3. The quantitative estimate of drug-likeness (QED) is 0.596. The van der Waals surface area contributed by atoms with E-state index in [0.717, 1.165) is 18.5 Å². The molecule has 6 nitrogen and oxygen atoms in total. The monoisotopic (exact) mass is 357 g/mol. The summed E-state index contributed by atoms with van der Waals surface area (Å²) in [5, 5.41) is 12.4. The van der Waals surface area contributed by atoms with E-state index in [-0.39, 0.29) is 11.5 Å². The second-order valence-electron chi connectivity index (χ2n) is 6.32. The van der Waals surface area contributed by atoms with E-state index in [9.17, 15) is 10.1 Å². The van der Waals surface area contributed by atoms with Crippen LogP contribution in [0.15, 0.2) is 30.0 Å². The number of nitrogens with zero attached hydrogens (tertiary/aromatic N) is 2. The van der Waals surface area contributed by atoms with Gasteiger partial charge >= 0.3 is 0 Å². The first-order chi connectivity index (χ1) is 12.6. The number of ether oxygens (including phenoxy) is 2. The average molecular weight is 357 g/mol. The van der Waals surface area contributed by atoms with Gasteiger partial charge in [-0.25, -0.2) is 0 Å². The third-order valence-electron chi connectivity index (χ3n) is 4.35. The maximum atomic E-state index is 12.5. The number of nitrogens with one attached hydrogen (secondary N) is 1. The third-order valence-corrected chi connectivity index (χ3v) is 4.35. The number of piperidine rings is 1. The fourth-order valence-electron chi connectivity index (χ4n) is 2.82. The summed E-state index contributed by atoms with van der Waals surface area (Å²) < 4.78 is 11.1. The standard InChI is InChI=1S/C20H27N3O3/c1-4-25-18-7-6-17(12-19(18)26-5-2)22-14-16(13-21)20(24)23-10-8-15(3)9-11-23/h6-7,12,14-15,22H,4-5,8-11H2,1-3H3/b16-14-. The molecule has 6 heteroatoms. The lowest BCUT2D eigenvalue weighted by molar-refractivity contribution is -0.128. The summed E-state index contributed by atoms with van der Waals surface area (Å²) in [5.41, 5.74) is 0.830. The lowest BCUT2D eigenvalue weighted by Crippen LogP contribution is -2.38. The molecule has 26 heavy (non-hydrogen) atoms. The minimum Gasteiger partial charge on any atom is -0.490 e. The van der Waals surface area contributed by atoms with Crippen LogP contribution in [0, 0.1) is 17.2 Å². The molecule has 0 bridgehead atoms. The smallest absolute Gasteiger partial charge is 0.266 e. The zero-order chi connectivity index (χ0) is 18.9. The first-order valence-corrected chi connectivity index (χ1v) is 9.14. The van der Waals surface area contributed by atoms with Gasteiger partial charge in [0.05, 0.1) is 13.2 Å². The predicted octanol–water partition coefficient (Wildman–Crippen LogP) is 3.56. The second-order valence-corrected chi connectivity index (χ2v) is 6.32. The fourth-order valence-corrected chi connectivity index (χ4v) is 2.82. The Hall–Kier alpha value is -2.68. The number of nitriles is 1. The Labute approximate surface area is 155 Å². The van der Waals surface area contributed by atoms with Crippen LogP contribution in [0.3, 0.4) is 0 Å². The first kappa shape index (κ1) is 19.6. The number of amides is 1. The van der Waals surface area contributed by atoms with Crippen molar-refractivity contribution in [1.82, 2.24) is 4.90 Å². The Morgan fingerprint density at radius 2 is 1.92 bits per heavy atom. The molecule has 0 aromatic heterocycles. The molecule has 1 saturated heterocycles. The van der Waals surface area contributed by atoms with E-state index in [2.05, 4.69) is 12.2 Å². The van der Waals surface area contributed by atoms with E-state index < -0.39 is 0 Å². The van der Waals surface area contributed by atoms with Crippen LogP contribution in [-0.2, 0) is 4.79 Å².